The first kappa shape index (κ1) is 10.5. The standard InChI is InChI=1S/C9H18N2O2/c1-2-3-4-5-9(12)13-11-7-6-10-8-11/h10H,2-8H2,1H3. The molecule has 0 saturated carbocycles. The third-order valence-electron chi connectivity index (χ3n) is 2.04. The number of hydrogen-bond donors (Lipinski definition) is 1. The molecule has 0 bridgehead atoms. The number of hydrogen-bond acceptors (Lipinski definition) is 4. The molecule has 0 aromatic heterocycles. The van der Waals surface area contributed by atoms with Crippen molar-refractivity contribution in [3.63, 3.8) is 0 Å². The molecule has 4 heteroatoms. The van der Waals surface area contributed by atoms with E-state index in [9.17, 15) is 4.79 Å². The van der Waals surface area contributed by atoms with Crippen molar-refractivity contribution in [2.45, 2.75) is 32.6 Å². The topological polar surface area (TPSA) is 41.6 Å². The zero-order chi connectivity index (χ0) is 9.52. The molecule has 0 amide bonds. The lowest BCUT2D eigenvalue weighted by Crippen LogP contribution is -2.25. The van der Waals surface area contributed by atoms with E-state index in [-0.39, 0.29) is 5.97 Å². The van der Waals surface area contributed by atoms with Gasteiger partial charge in [0.2, 0.25) is 0 Å². The van der Waals surface area contributed by atoms with Gasteiger partial charge >= 0.3 is 5.97 Å². The Morgan fingerprint density at radius 3 is 3.00 bits per heavy atom. The molecule has 0 aromatic rings. The van der Waals surface area contributed by atoms with Gasteiger partial charge in [0.1, 0.15) is 0 Å². The molecule has 1 heterocycles. The van der Waals surface area contributed by atoms with Crippen LogP contribution in [0.2, 0.25) is 0 Å². The molecular weight excluding hydrogens is 168 g/mol. The predicted molar refractivity (Wildman–Crippen MR) is 49.8 cm³/mol. The summed E-state index contributed by atoms with van der Waals surface area (Å²) in [6, 6.07) is 0. The monoisotopic (exact) mass is 186 g/mol. The average molecular weight is 186 g/mol. The van der Waals surface area contributed by atoms with E-state index in [1.807, 2.05) is 0 Å². The van der Waals surface area contributed by atoms with Crippen molar-refractivity contribution in [1.29, 1.82) is 0 Å². The summed E-state index contributed by atoms with van der Waals surface area (Å²) in [5, 5.41) is 4.77. The van der Waals surface area contributed by atoms with Crippen molar-refractivity contribution in [3.8, 4) is 0 Å². The molecule has 1 fully saturated rings. The summed E-state index contributed by atoms with van der Waals surface area (Å²) in [4.78, 5) is 16.3. The van der Waals surface area contributed by atoms with Crippen molar-refractivity contribution < 1.29 is 9.63 Å². The smallest absolute Gasteiger partial charge is 0.325 e. The third-order valence-corrected chi connectivity index (χ3v) is 2.04. The molecule has 0 unspecified atom stereocenters. The van der Waals surface area contributed by atoms with Gasteiger partial charge in [-0.25, -0.2) is 0 Å². The fourth-order valence-corrected chi connectivity index (χ4v) is 1.27. The minimum absolute atomic E-state index is 0.0999. The van der Waals surface area contributed by atoms with Crippen LogP contribution in [0.15, 0.2) is 0 Å². The molecule has 0 aromatic carbocycles. The van der Waals surface area contributed by atoms with Gasteiger partial charge in [0, 0.05) is 19.5 Å². The van der Waals surface area contributed by atoms with Crippen molar-refractivity contribution in [3.05, 3.63) is 0 Å². The second kappa shape index (κ2) is 5.94. The molecule has 4 nitrogen and oxygen atoms in total. The van der Waals surface area contributed by atoms with Gasteiger partial charge in [-0.15, -0.1) is 5.06 Å². The first-order valence-electron chi connectivity index (χ1n) is 4.99. The van der Waals surface area contributed by atoms with Crippen LogP contribution in [-0.4, -0.2) is 30.8 Å². The van der Waals surface area contributed by atoms with Gasteiger partial charge in [-0.05, 0) is 6.42 Å². The highest BCUT2D eigenvalue weighted by Crippen LogP contribution is 2.02. The van der Waals surface area contributed by atoms with Crippen LogP contribution in [0.25, 0.3) is 0 Å². The van der Waals surface area contributed by atoms with Crippen LogP contribution in [0.1, 0.15) is 32.6 Å². The van der Waals surface area contributed by atoms with Gasteiger partial charge in [-0.1, -0.05) is 19.8 Å². The number of hydroxylamine groups is 2. The second-order valence-corrected chi connectivity index (χ2v) is 3.28. The largest absolute Gasteiger partial charge is 0.367 e. The lowest BCUT2D eigenvalue weighted by Gasteiger charge is -2.12. The van der Waals surface area contributed by atoms with Crippen molar-refractivity contribution in [2.75, 3.05) is 19.8 Å². The number of nitrogens with one attached hydrogen (secondary N) is 1. The van der Waals surface area contributed by atoms with E-state index in [0.717, 1.165) is 32.4 Å². The molecule has 76 valence electrons. The summed E-state index contributed by atoms with van der Waals surface area (Å²) >= 11 is 0. The Bertz CT molecular complexity index is 156. The quantitative estimate of drug-likeness (QED) is 0.647. The lowest BCUT2D eigenvalue weighted by molar-refractivity contribution is -0.185. The zero-order valence-corrected chi connectivity index (χ0v) is 8.21. The molecular formula is C9H18N2O2. The summed E-state index contributed by atoms with van der Waals surface area (Å²) in [5.41, 5.74) is 0. The van der Waals surface area contributed by atoms with E-state index in [4.69, 9.17) is 4.84 Å². The van der Waals surface area contributed by atoms with E-state index in [1.54, 1.807) is 5.06 Å². The van der Waals surface area contributed by atoms with E-state index in [2.05, 4.69) is 12.2 Å². The predicted octanol–water partition coefficient (Wildman–Crippen LogP) is 0.888. The summed E-state index contributed by atoms with van der Waals surface area (Å²) in [6.07, 6.45) is 3.73. The van der Waals surface area contributed by atoms with Crippen LogP contribution in [0.4, 0.5) is 0 Å². The van der Waals surface area contributed by atoms with E-state index >= 15 is 0 Å². The van der Waals surface area contributed by atoms with Gasteiger partial charge in [0.25, 0.3) is 0 Å². The van der Waals surface area contributed by atoms with Crippen molar-refractivity contribution in [2.24, 2.45) is 0 Å². The number of rotatable bonds is 5. The first-order chi connectivity index (χ1) is 6.33. The maximum atomic E-state index is 11.2. The maximum absolute atomic E-state index is 11.2. The Kier molecular flexibility index (Phi) is 4.78. The molecule has 1 aliphatic heterocycles. The fraction of sp³-hybridized carbons (Fsp3) is 0.889. The van der Waals surface area contributed by atoms with E-state index in [1.165, 1.54) is 0 Å². The van der Waals surface area contributed by atoms with Gasteiger partial charge in [0.05, 0.1) is 6.67 Å². The Morgan fingerprint density at radius 2 is 2.38 bits per heavy atom. The highest BCUT2D eigenvalue weighted by atomic mass is 16.7. The zero-order valence-electron chi connectivity index (χ0n) is 8.21. The van der Waals surface area contributed by atoms with Crippen LogP contribution < -0.4 is 5.32 Å². The highest BCUT2D eigenvalue weighted by molar-refractivity contribution is 5.68. The fourth-order valence-electron chi connectivity index (χ4n) is 1.27. The summed E-state index contributed by atoms with van der Waals surface area (Å²) in [6.45, 7) is 4.50. The van der Waals surface area contributed by atoms with Crippen LogP contribution in [0.5, 0.6) is 0 Å². The number of carbonyl (C=O) groups is 1. The summed E-state index contributed by atoms with van der Waals surface area (Å²) < 4.78 is 0. The Hall–Kier alpha value is -0.610. The molecule has 0 radical (unpaired) electrons. The van der Waals surface area contributed by atoms with Crippen molar-refractivity contribution >= 4 is 5.97 Å². The van der Waals surface area contributed by atoms with Gasteiger partial charge in [-0.3, -0.25) is 4.79 Å². The SMILES string of the molecule is CCCCCC(=O)ON1CCNC1. The molecule has 1 saturated heterocycles. The molecule has 1 aliphatic rings. The van der Waals surface area contributed by atoms with Crippen LogP contribution in [-0.2, 0) is 9.63 Å². The molecule has 0 atom stereocenters. The summed E-state index contributed by atoms with van der Waals surface area (Å²) in [7, 11) is 0. The minimum atomic E-state index is -0.0999. The number of carbonyl (C=O) groups excluding carboxylic acids is 1. The Morgan fingerprint density at radius 1 is 1.54 bits per heavy atom. The van der Waals surface area contributed by atoms with Gasteiger partial charge in [0.15, 0.2) is 0 Å². The second-order valence-electron chi connectivity index (χ2n) is 3.28. The van der Waals surface area contributed by atoms with Crippen LogP contribution in [0.3, 0.4) is 0 Å². The molecule has 1 N–H and O–H groups in total. The first-order valence-corrected chi connectivity index (χ1v) is 4.99. The molecule has 1 rings (SSSR count). The van der Waals surface area contributed by atoms with Crippen LogP contribution >= 0.6 is 0 Å². The van der Waals surface area contributed by atoms with Gasteiger partial charge in [-0.2, -0.15) is 0 Å². The third kappa shape index (κ3) is 4.24. The lowest BCUT2D eigenvalue weighted by atomic mass is 10.2. The molecule has 0 spiro atoms. The normalized spacial score (nSPS) is 17.6. The maximum Gasteiger partial charge on any atom is 0.325 e. The average Bonchev–Trinajstić information content (AvgIpc) is 2.57. The van der Waals surface area contributed by atoms with Gasteiger partial charge < -0.3 is 10.2 Å². The minimum Gasteiger partial charge on any atom is -0.367 e. The Labute approximate surface area is 79.2 Å². The highest BCUT2D eigenvalue weighted by Gasteiger charge is 2.14. The number of unbranched alkanes of at least 4 members (excludes halogenated alkanes) is 2. The Balaban J connectivity index is 2.02. The molecule has 0 aliphatic carbocycles. The van der Waals surface area contributed by atoms with E-state index in [0.29, 0.717) is 13.1 Å². The van der Waals surface area contributed by atoms with E-state index < -0.39 is 0 Å². The van der Waals surface area contributed by atoms with Crippen LogP contribution in [0, 0.1) is 0 Å². The van der Waals surface area contributed by atoms with Crippen molar-refractivity contribution in [1.82, 2.24) is 10.4 Å². The summed E-state index contributed by atoms with van der Waals surface area (Å²) in [5.74, 6) is -0.0999. The molecule has 13 heavy (non-hydrogen) atoms. The number of nitrogens with zero attached hydrogens (tertiary/aromatic N) is 1.